The minimum Gasteiger partial charge on any atom is -0.493 e. The number of rotatable bonds is 4. The second-order valence-corrected chi connectivity index (χ2v) is 6.82. The molecule has 0 radical (unpaired) electrons. The van der Waals surface area contributed by atoms with Crippen LogP contribution in [-0.2, 0) is 11.3 Å². The Hall–Kier alpha value is -0.910. The summed E-state index contributed by atoms with van der Waals surface area (Å²) in [5, 5.41) is 9.19. The molecule has 1 aromatic rings. The van der Waals surface area contributed by atoms with Gasteiger partial charge < -0.3 is 19.3 Å². The smallest absolute Gasteiger partial charge is 0.161 e. The second kappa shape index (κ2) is 6.46. The number of ether oxygens (including phenoxy) is 3. The van der Waals surface area contributed by atoms with Crippen LogP contribution in [0.5, 0.6) is 11.5 Å². The standard InChI is InChI=1S/C16H22O4S/c1-18-15-8-12(10-17)2-3-14(15)20-13-4-6-19-16(9-13)5-7-21-11-16/h2-3,8,13,17H,4-7,9-11H2,1H3. The van der Waals surface area contributed by atoms with Crippen LogP contribution in [0.4, 0.5) is 0 Å². The van der Waals surface area contributed by atoms with Crippen LogP contribution in [0.1, 0.15) is 24.8 Å². The number of benzene rings is 1. The molecule has 0 saturated carbocycles. The molecule has 1 spiro atoms. The summed E-state index contributed by atoms with van der Waals surface area (Å²) >= 11 is 1.97. The molecule has 0 amide bonds. The van der Waals surface area contributed by atoms with Gasteiger partial charge in [0.2, 0.25) is 0 Å². The Balaban J connectivity index is 1.71. The molecule has 5 heteroatoms. The highest BCUT2D eigenvalue weighted by Crippen LogP contribution is 2.40. The maximum absolute atomic E-state index is 9.19. The van der Waals surface area contributed by atoms with Gasteiger partial charge in [-0.3, -0.25) is 0 Å². The molecule has 0 aromatic heterocycles. The van der Waals surface area contributed by atoms with Crippen molar-refractivity contribution in [3.05, 3.63) is 23.8 Å². The van der Waals surface area contributed by atoms with Gasteiger partial charge in [-0.15, -0.1) is 0 Å². The van der Waals surface area contributed by atoms with E-state index in [1.165, 1.54) is 5.75 Å². The van der Waals surface area contributed by atoms with Crippen molar-refractivity contribution in [3.63, 3.8) is 0 Å². The van der Waals surface area contributed by atoms with Crippen molar-refractivity contribution in [2.45, 2.75) is 37.6 Å². The first-order valence-electron chi connectivity index (χ1n) is 7.41. The first kappa shape index (κ1) is 15.0. The molecule has 3 rings (SSSR count). The zero-order valence-electron chi connectivity index (χ0n) is 12.3. The molecular weight excluding hydrogens is 288 g/mol. The fourth-order valence-corrected chi connectivity index (χ4v) is 4.41. The topological polar surface area (TPSA) is 47.9 Å². The first-order valence-corrected chi connectivity index (χ1v) is 8.56. The minimum absolute atomic E-state index is 0.00818. The summed E-state index contributed by atoms with van der Waals surface area (Å²) in [7, 11) is 1.63. The molecule has 2 aliphatic heterocycles. The highest BCUT2D eigenvalue weighted by atomic mass is 32.2. The number of hydrogen-bond donors (Lipinski definition) is 1. The van der Waals surface area contributed by atoms with Crippen molar-refractivity contribution in [2.24, 2.45) is 0 Å². The maximum Gasteiger partial charge on any atom is 0.161 e. The number of aliphatic hydroxyl groups is 1. The molecule has 1 N–H and O–H groups in total. The van der Waals surface area contributed by atoms with Gasteiger partial charge in [0.05, 0.1) is 25.9 Å². The van der Waals surface area contributed by atoms with E-state index < -0.39 is 0 Å². The van der Waals surface area contributed by atoms with Gasteiger partial charge in [-0.2, -0.15) is 11.8 Å². The van der Waals surface area contributed by atoms with Crippen LogP contribution in [0.2, 0.25) is 0 Å². The van der Waals surface area contributed by atoms with E-state index in [2.05, 4.69) is 0 Å². The summed E-state index contributed by atoms with van der Waals surface area (Å²) in [4.78, 5) is 0. The van der Waals surface area contributed by atoms with Gasteiger partial charge in [-0.1, -0.05) is 6.07 Å². The van der Waals surface area contributed by atoms with Crippen LogP contribution in [0.15, 0.2) is 18.2 Å². The van der Waals surface area contributed by atoms with Gasteiger partial charge in [0.15, 0.2) is 11.5 Å². The number of aliphatic hydroxyl groups excluding tert-OH is 1. The highest BCUT2D eigenvalue weighted by molar-refractivity contribution is 7.99. The molecule has 4 nitrogen and oxygen atoms in total. The maximum atomic E-state index is 9.19. The summed E-state index contributed by atoms with van der Waals surface area (Å²) < 4.78 is 17.6. The van der Waals surface area contributed by atoms with E-state index in [4.69, 9.17) is 14.2 Å². The molecular formula is C16H22O4S. The van der Waals surface area contributed by atoms with Crippen LogP contribution < -0.4 is 9.47 Å². The molecule has 2 fully saturated rings. The predicted octanol–water partition coefficient (Wildman–Crippen LogP) is 2.62. The van der Waals surface area contributed by atoms with Crippen molar-refractivity contribution < 1.29 is 19.3 Å². The normalized spacial score (nSPS) is 28.8. The number of hydrogen-bond acceptors (Lipinski definition) is 5. The van der Waals surface area contributed by atoms with E-state index in [1.54, 1.807) is 7.11 Å². The molecule has 2 heterocycles. The lowest BCUT2D eigenvalue weighted by Gasteiger charge is -2.37. The van der Waals surface area contributed by atoms with Crippen molar-refractivity contribution in [2.75, 3.05) is 25.2 Å². The predicted molar refractivity (Wildman–Crippen MR) is 83.2 cm³/mol. The fourth-order valence-electron chi connectivity index (χ4n) is 3.03. The van der Waals surface area contributed by atoms with Crippen LogP contribution >= 0.6 is 11.8 Å². The fraction of sp³-hybridized carbons (Fsp3) is 0.625. The Bertz CT molecular complexity index is 485. The van der Waals surface area contributed by atoms with Crippen molar-refractivity contribution in [1.29, 1.82) is 0 Å². The molecule has 0 aliphatic carbocycles. The van der Waals surface area contributed by atoms with Gasteiger partial charge >= 0.3 is 0 Å². The highest BCUT2D eigenvalue weighted by Gasteiger charge is 2.41. The lowest BCUT2D eigenvalue weighted by molar-refractivity contribution is -0.0961. The van der Waals surface area contributed by atoms with E-state index in [1.807, 2.05) is 30.0 Å². The second-order valence-electron chi connectivity index (χ2n) is 5.71. The van der Waals surface area contributed by atoms with E-state index in [0.29, 0.717) is 5.75 Å². The zero-order valence-corrected chi connectivity index (χ0v) is 13.2. The summed E-state index contributed by atoms with van der Waals surface area (Å²) in [6.07, 6.45) is 3.16. The lowest BCUT2D eigenvalue weighted by Crippen LogP contribution is -2.43. The minimum atomic E-state index is 0.00818. The Kier molecular flexibility index (Phi) is 4.62. The molecule has 2 unspecified atom stereocenters. The molecule has 116 valence electrons. The Morgan fingerprint density at radius 2 is 2.33 bits per heavy atom. The van der Waals surface area contributed by atoms with Crippen molar-refractivity contribution in [3.8, 4) is 11.5 Å². The van der Waals surface area contributed by atoms with Gasteiger partial charge in [-0.25, -0.2) is 0 Å². The zero-order chi connectivity index (χ0) is 14.7. The molecule has 2 saturated heterocycles. The van der Waals surface area contributed by atoms with E-state index in [0.717, 1.165) is 42.9 Å². The van der Waals surface area contributed by atoms with Crippen LogP contribution in [-0.4, -0.2) is 42.0 Å². The summed E-state index contributed by atoms with van der Waals surface area (Å²) in [6.45, 7) is 0.774. The Morgan fingerprint density at radius 1 is 1.43 bits per heavy atom. The number of methoxy groups -OCH3 is 1. The third-order valence-electron chi connectivity index (χ3n) is 4.22. The van der Waals surface area contributed by atoms with Crippen molar-refractivity contribution >= 4 is 11.8 Å². The molecule has 21 heavy (non-hydrogen) atoms. The quantitative estimate of drug-likeness (QED) is 0.926. The van der Waals surface area contributed by atoms with Crippen LogP contribution in [0, 0.1) is 0 Å². The van der Waals surface area contributed by atoms with E-state index in [-0.39, 0.29) is 18.3 Å². The summed E-state index contributed by atoms with van der Waals surface area (Å²) in [5.41, 5.74) is 0.848. The SMILES string of the molecule is COc1cc(CO)ccc1OC1CCOC2(CCSC2)C1. The van der Waals surface area contributed by atoms with E-state index >= 15 is 0 Å². The van der Waals surface area contributed by atoms with E-state index in [9.17, 15) is 5.11 Å². The van der Waals surface area contributed by atoms with Gasteiger partial charge in [-0.05, 0) is 29.9 Å². The molecule has 2 aliphatic rings. The third kappa shape index (κ3) is 3.30. The molecule has 0 bridgehead atoms. The summed E-state index contributed by atoms with van der Waals surface area (Å²) in [6, 6.07) is 5.59. The van der Waals surface area contributed by atoms with Crippen LogP contribution in [0.3, 0.4) is 0 Å². The largest absolute Gasteiger partial charge is 0.493 e. The number of thioether (sulfide) groups is 1. The first-order chi connectivity index (χ1) is 10.2. The third-order valence-corrected chi connectivity index (χ3v) is 5.44. The Labute approximate surface area is 129 Å². The molecule has 1 aromatic carbocycles. The monoisotopic (exact) mass is 310 g/mol. The van der Waals surface area contributed by atoms with Gasteiger partial charge in [0.1, 0.15) is 6.10 Å². The summed E-state index contributed by atoms with van der Waals surface area (Å²) in [5.74, 6) is 3.69. The molecule has 2 atom stereocenters. The average Bonchev–Trinajstić information content (AvgIpc) is 2.95. The lowest BCUT2D eigenvalue weighted by atomic mass is 9.91. The van der Waals surface area contributed by atoms with Crippen LogP contribution in [0.25, 0.3) is 0 Å². The average molecular weight is 310 g/mol. The van der Waals surface area contributed by atoms with Crippen molar-refractivity contribution in [1.82, 2.24) is 0 Å². The van der Waals surface area contributed by atoms with Gasteiger partial charge in [0.25, 0.3) is 0 Å². The Morgan fingerprint density at radius 3 is 3.05 bits per heavy atom. The van der Waals surface area contributed by atoms with Gasteiger partial charge in [0, 0.05) is 18.6 Å².